The van der Waals surface area contributed by atoms with Crippen LogP contribution in [0.1, 0.15) is 22.3 Å². The molecule has 0 atom stereocenters. The first kappa shape index (κ1) is 26.7. The van der Waals surface area contributed by atoms with E-state index in [-0.39, 0.29) is 17.2 Å². The minimum atomic E-state index is -1.09. The number of anilines is 1. The Kier molecular flexibility index (Phi) is 8.27. The van der Waals surface area contributed by atoms with Crippen LogP contribution in [0.4, 0.5) is 18.9 Å². The van der Waals surface area contributed by atoms with E-state index in [1.165, 1.54) is 25.4 Å². The van der Waals surface area contributed by atoms with E-state index >= 15 is 0 Å². The number of halogens is 3. The quantitative estimate of drug-likeness (QED) is 0.211. The van der Waals surface area contributed by atoms with Crippen LogP contribution in [0.2, 0.25) is 0 Å². The lowest BCUT2D eigenvalue weighted by molar-refractivity contribution is 0.101. The number of aromatic nitrogens is 2. The van der Waals surface area contributed by atoms with Crippen molar-refractivity contribution in [2.75, 3.05) is 32.6 Å². The molecule has 2 aromatic heterocycles. The molecule has 4 aromatic rings. The number of aryl methyl sites for hydroxylation is 1. The summed E-state index contributed by atoms with van der Waals surface area (Å²) in [7, 11) is 3.11. The summed E-state index contributed by atoms with van der Waals surface area (Å²) in [6.07, 6.45) is 3.40. The number of hydrogen-bond acceptors (Lipinski definition) is 7. The Morgan fingerprint density at radius 2 is 1.68 bits per heavy atom. The Morgan fingerprint density at radius 1 is 0.974 bits per heavy atom. The maximum Gasteiger partial charge on any atom is 0.264 e. The number of nitrogens with one attached hydrogen (secondary N) is 2. The monoisotopic (exact) mass is 526 g/mol. The summed E-state index contributed by atoms with van der Waals surface area (Å²) in [4.78, 5) is 20.3. The number of fused-ring (bicyclic) bond motifs is 1. The molecule has 0 saturated carbocycles. The van der Waals surface area contributed by atoms with Gasteiger partial charge >= 0.3 is 0 Å². The Labute approximate surface area is 216 Å². The number of nitrogens with zero attached hydrogens (tertiary/aromatic N) is 2. The molecule has 0 spiro atoms. The second-order valence-electron chi connectivity index (χ2n) is 8.25. The van der Waals surface area contributed by atoms with Gasteiger partial charge < -0.3 is 24.8 Å². The average Bonchev–Trinajstić information content (AvgIpc) is 2.88. The molecule has 0 fully saturated rings. The summed E-state index contributed by atoms with van der Waals surface area (Å²) in [6.45, 7) is 3.18. The van der Waals surface area contributed by atoms with Crippen LogP contribution in [-0.4, -0.2) is 43.2 Å². The van der Waals surface area contributed by atoms with E-state index in [4.69, 9.17) is 14.2 Å². The smallest absolute Gasteiger partial charge is 0.264 e. The molecule has 2 aromatic carbocycles. The van der Waals surface area contributed by atoms with E-state index in [1.54, 1.807) is 12.1 Å². The number of hydrogen-bond donors (Lipinski definition) is 2. The first-order valence-corrected chi connectivity index (χ1v) is 11.7. The van der Waals surface area contributed by atoms with E-state index in [0.717, 1.165) is 36.9 Å². The van der Waals surface area contributed by atoms with Crippen LogP contribution in [0, 0.1) is 24.5 Å². The lowest BCUT2D eigenvalue weighted by atomic mass is 10.1. The van der Waals surface area contributed by atoms with Gasteiger partial charge in [-0.05, 0) is 50.7 Å². The summed E-state index contributed by atoms with van der Waals surface area (Å²) in [6, 6.07) is 8.02. The molecule has 2 heterocycles. The number of benzene rings is 2. The van der Waals surface area contributed by atoms with E-state index < -0.39 is 34.8 Å². The molecule has 0 unspecified atom stereocenters. The Hall–Kier alpha value is -4.38. The van der Waals surface area contributed by atoms with Gasteiger partial charge in [-0.1, -0.05) is 0 Å². The van der Waals surface area contributed by atoms with Gasteiger partial charge in [0, 0.05) is 41.7 Å². The molecule has 198 valence electrons. The largest absolute Gasteiger partial charge is 0.496 e. The van der Waals surface area contributed by atoms with Crippen molar-refractivity contribution < 1.29 is 32.2 Å². The normalized spacial score (nSPS) is 10.9. The third-order valence-corrected chi connectivity index (χ3v) is 5.61. The van der Waals surface area contributed by atoms with Crippen molar-refractivity contribution in [3.63, 3.8) is 0 Å². The molecule has 1 amide bonds. The third kappa shape index (κ3) is 5.78. The predicted molar refractivity (Wildman–Crippen MR) is 136 cm³/mol. The van der Waals surface area contributed by atoms with Gasteiger partial charge in [0.15, 0.2) is 17.4 Å². The number of amides is 1. The minimum absolute atomic E-state index is 0.0812. The molecule has 0 aliphatic carbocycles. The highest BCUT2D eigenvalue weighted by molar-refractivity contribution is 6.06. The first-order valence-electron chi connectivity index (χ1n) is 11.7. The van der Waals surface area contributed by atoms with Crippen LogP contribution in [-0.2, 0) is 0 Å². The summed E-state index contributed by atoms with van der Waals surface area (Å²) in [5.41, 5.74) is 0.573. The highest BCUT2D eigenvalue weighted by Crippen LogP contribution is 2.36. The van der Waals surface area contributed by atoms with Crippen molar-refractivity contribution in [3.05, 3.63) is 77.5 Å². The Morgan fingerprint density at radius 3 is 2.39 bits per heavy atom. The molecule has 4 rings (SSSR count). The van der Waals surface area contributed by atoms with Crippen LogP contribution in [0.25, 0.3) is 10.9 Å². The number of carbonyl (C=O) groups excluding carboxylic acids is 1. The van der Waals surface area contributed by atoms with Crippen LogP contribution in [0.5, 0.6) is 23.0 Å². The predicted octanol–water partition coefficient (Wildman–Crippen LogP) is 5.40. The van der Waals surface area contributed by atoms with Crippen LogP contribution < -0.4 is 24.8 Å². The fourth-order valence-corrected chi connectivity index (χ4v) is 3.76. The van der Waals surface area contributed by atoms with Gasteiger partial charge in [0.1, 0.15) is 22.8 Å². The van der Waals surface area contributed by atoms with Gasteiger partial charge in [0.2, 0.25) is 5.95 Å². The van der Waals surface area contributed by atoms with Crippen molar-refractivity contribution >= 4 is 22.5 Å². The zero-order valence-corrected chi connectivity index (χ0v) is 20.9. The number of carbonyl (C=O) groups is 1. The van der Waals surface area contributed by atoms with Gasteiger partial charge in [-0.2, -0.15) is 4.39 Å². The summed E-state index contributed by atoms with van der Waals surface area (Å²) in [5, 5.41) is 5.83. The zero-order chi connectivity index (χ0) is 27.2. The minimum Gasteiger partial charge on any atom is -0.496 e. The van der Waals surface area contributed by atoms with Gasteiger partial charge in [0.05, 0.1) is 19.2 Å². The van der Waals surface area contributed by atoms with Crippen molar-refractivity contribution in [2.45, 2.75) is 13.3 Å². The third-order valence-electron chi connectivity index (χ3n) is 5.61. The molecular weight excluding hydrogens is 501 g/mol. The molecule has 0 saturated heterocycles. The van der Waals surface area contributed by atoms with E-state index in [9.17, 15) is 18.0 Å². The maximum absolute atomic E-state index is 15.0. The average molecular weight is 527 g/mol. The van der Waals surface area contributed by atoms with E-state index in [2.05, 4.69) is 20.6 Å². The summed E-state index contributed by atoms with van der Waals surface area (Å²) < 4.78 is 60.4. The van der Waals surface area contributed by atoms with Crippen molar-refractivity contribution in [2.24, 2.45) is 0 Å². The lowest BCUT2D eigenvalue weighted by Gasteiger charge is -2.14. The highest BCUT2D eigenvalue weighted by Gasteiger charge is 2.21. The highest BCUT2D eigenvalue weighted by atomic mass is 19.1. The molecule has 11 heteroatoms. The zero-order valence-electron chi connectivity index (χ0n) is 20.9. The van der Waals surface area contributed by atoms with Crippen molar-refractivity contribution in [1.29, 1.82) is 0 Å². The first-order chi connectivity index (χ1) is 18.3. The molecule has 2 N–H and O–H groups in total. The van der Waals surface area contributed by atoms with E-state index in [0.29, 0.717) is 23.3 Å². The fourth-order valence-electron chi connectivity index (χ4n) is 3.76. The number of methoxy groups -OCH3 is 1. The number of ether oxygens (including phenoxy) is 3. The van der Waals surface area contributed by atoms with Gasteiger partial charge in [-0.15, -0.1) is 0 Å². The van der Waals surface area contributed by atoms with Crippen molar-refractivity contribution in [3.8, 4) is 23.0 Å². The second kappa shape index (κ2) is 11.8. The molecular formula is C27H25F3N4O4. The van der Waals surface area contributed by atoms with Gasteiger partial charge in [-0.25, -0.2) is 13.8 Å². The SMILES string of the molecule is CNCCCOc1cc2nccc(Oc3c(F)cc(NC(=O)c4c(OC)ccnc4F)cc3F)c2cc1C. The van der Waals surface area contributed by atoms with Crippen LogP contribution in [0.15, 0.2) is 48.8 Å². The lowest BCUT2D eigenvalue weighted by Crippen LogP contribution is -2.16. The van der Waals surface area contributed by atoms with E-state index in [1.807, 2.05) is 14.0 Å². The summed E-state index contributed by atoms with van der Waals surface area (Å²) in [5.74, 6) is -4.16. The Bertz CT molecular complexity index is 1460. The Balaban J connectivity index is 1.58. The molecule has 0 aliphatic heterocycles. The molecule has 0 aliphatic rings. The van der Waals surface area contributed by atoms with Crippen LogP contribution >= 0.6 is 0 Å². The number of rotatable bonds is 10. The topological polar surface area (TPSA) is 94.6 Å². The van der Waals surface area contributed by atoms with Crippen molar-refractivity contribution in [1.82, 2.24) is 15.3 Å². The van der Waals surface area contributed by atoms with Gasteiger partial charge in [0.25, 0.3) is 5.91 Å². The molecule has 8 nitrogen and oxygen atoms in total. The standard InChI is InChI=1S/C27H25F3N4O4/c1-15-11-17-20(14-23(15)37-10-4-7-31-2)32-8-5-21(17)38-25-18(28)12-16(13-19(25)29)34-27(35)24-22(36-3)6-9-33-26(24)30/h5-6,8-9,11-14,31H,4,7,10H2,1-3H3,(H,34,35). The molecule has 0 bridgehead atoms. The second-order valence-corrected chi connectivity index (χ2v) is 8.25. The van der Waals surface area contributed by atoms with Gasteiger partial charge in [-0.3, -0.25) is 9.78 Å². The maximum atomic E-state index is 15.0. The molecule has 0 radical (unpaired) electrons. The fraction of sp³-hybridized carbons (Fsp3) is 0.222. The molecule has 38 heavy (non-hydrogen) atoms. The van der Waals surface area contributed by atoms with Crippen LogP contribution in [0.3, 0.4) is 0 Å². The summed E-state index contributed by atoms with van der Waals surface area (Å²) >= 11 is 0. The number of pyridine rings is 2.